The van der Waals surface area contributed by atoms with E-state index in [1.165, 1.54) is 23.5 Å². The number of thiazole rings is 1. The summed E-state index contributed by atoms with van der Waals surface area (Å²) >= 11 is 1.30. The Morgan fingerprint density at radius 3 is 2.48 bits per heavy atom. The van der Waals surface area contributed by atoms with E-state index in [4.69, 9.17) is 5.73 Å². The first-order chi connectivity index (χ1) is 11.6. The van der Waals surface area contributed by atoms with Crippen LogP contribution in [-0.4, -0.2) is 34.4 Å². The number of likely N-dealkylation sites (tertiary alicyclic amines) is 1. The Morgan fingerprint density at radius 2 is 1.96 bits per heavy atom. The largest absolute Gasteiger partial charge is 0.416 e. The Kier molecular flexibility index (Phi) is 4.36. The number of rotatable bonds is 2. The molecule has 134 valence electrons. The molecule has 0 aliphatic carbocycles. The molecule has 0 spiro atoms. The van der Waals surface area contributed by atoms with Gasteiger partial charge in [-0.05, 0) is 32.4 Å². The lowest BCUT2D eigenvalue weighted by Crippen LogP contribution is -2.40. The lowest BCUT2D eigenvalue weighted by atomic mass is 10.0. The molecular formula is C17H18F3N3OS. The summed E-state index contributed by atoms with van der Waals surface area (Å²) in [6.07, 6.45) is -3.64. The molecule has 1 aliphatic heterocycles. The lowest BCUT2D eigenvalue weighted by Gasteiger charge is -2.19. The third-order valence-corrected chi connectivity index (χ3v) is 5.27. The molecule has 2 aromatic rings. The first-order valence-electron chi connectivity index (χ1n) is 7.80. The van der Waals surface area contributed by atoms with Crippen molar-refractivity contribution >= 4 is 17.2 Å². The summed E-state index contributed by atoms with van der Waals surface area (Å²) in [5.74, 6) is -0.180. The molecule has 1 saturated heterocycles. The molecule has 1 amide bonds. The number of amides is 1. The van der Waals surface area contributed by atoms with E-state index in [0.29, 0.717) is 29.4 Å². The van der Waals surface area contributed by atoms with Crippen LogP contribution in [0.15, 0.2) is 24.3 Å². The first-order valence-corrected chi connectivity index (χ1v) is 8.62. The van der Waals surface area contributed by atoms with Gasteiger partial charge in [-0.25, -0.2) is 4.98 Å². The minimum atomic E-state index is -4.37. The monoisotopic (exact) mass is 369 g/mol. The van der Waals surface area contributed by atoms with Gasteiger partial charge < -0.3 is 10.6 Å². The van der Waals surface area contributed by atoms with Crippen molar-refractivity contribution in [1.29, 1.82) is 0 Å². The van der Waals surface area contributed by atoms with Gasteiger partial charge in [0.05, 0.1) is 5.56 Å². The molecule has 25 heavy (non-hydrogen) atoms. The maximum Gasteiger partial charge on any atom is 0.416 e. The van der Waals surface area contributed by atoms with Crippen molar-refractivity contribution in [3.63, 3.8) is 0 Å². The van der Waals surface area contributed by atoms with Crippen LogP contribution in [0.3, 0.4) is 0 Å². The van der Waals surface area contributed by atoms with Gasteiger partial charge in [0.2, 0.25) is 0 Å². The normalized spacial score (nSPS) is 21.0. The quantitative estimate of drug-likeness (QED) is 0.878. The second kappa shape index (κ2) is 6.10. The Bertz CT molecular complexity index is 796. The number of nitrogens with two attached hydrogens (primary N) is 1. The SMILES string of the molecule is Cc1sc(-c2ccc(C(F)(F)F)cc2)nc1C(=O)N1CCC(C)(N)C1. The highest BCUT2D eigenvalue weighted by Crippen LogP contribution is 2.33. The lowest BCUT2D eigenvalue weighted by molar-refractivity contribution is -0.137. The number of carbonyl (C=O) groups is 1. The molecule has 0 saturated carbocycles. The van der Waals surface area contributed by atoms with Gasteiger partial charge in [0.15, 0.2) is 0 Å². The van der Waals surface area contributed by atoms with E-state index in [9.17, 15) is 18.0 Å². The number of hydrogen-bond donors (Lipinski definition) is 1. The fourth-order valence-electron chi connectivity index (χ4n) is 2.83. The number of halogens is 3. The van der Waals surface area contributed by atoms with E-state index in [-0.39, 0.29) is 5.91 Å². The Labute approximate surface area is 147 Å². The van der Waals surface area contributed by atoms with Crippen LogP contribution in [0, 0.1) is 6.92 Å². The molecule has 2 N–H and O–H groups in total. The number of alkyl halides is 3. The molecule has 0 radical (unpaired) electrons. The average molecular weight is 369 g/mol. The first kappa shape index (κ1) is 17.9. The summed E-state index contributed by atoms with van der Waals surface area (Å²) < 4.78 is 38.0. The van der Waals surface area contributed by atoms with Gasteiger partial charge in [-0.15, -0.1) is 11.3 Å². The van der Waals surface area contributed by atoms with Crippen molar-refractivity contribution in [2.75, 3.05) is 13.1 Å². The molecule has 8 heteroatoms. The van der Waals surface area contributed by atoms with Crippen molar-refractivity contribution < 1.29 is 18.0 Å². The zero-order valence-electron chi connectivity index (χ0n) is 13.9. The predicted octanol–water partition coefficient (Wildman–Crippen LogP) is 3.70. The summed E-state index contributed by atoms with van der Waals surface area (Å²) in [6.45, 7) is 4.74. The number of aromatic nitrogens is 1. The summed E-state index contributed by atoms with van der Waals surface area (Å²) in [7, 11) is 0. The van der Waals surface area contributed by atoms with Crippen molar-refractivity contribution in [3.05, 3.63) is 40.4 Å². The predicted molar refractivity (Wildman–Crippen MR) is 90.4 cm³/mol. The van der Waals surface area contributed by atoms with Gasteiger partial charge in [-0.2, -0.15) is 13.2 Å². The molecule has 1 atom stereocenters. The summed E-state index contributed by atoms with van der Waals surface area (Å²) in [4.78, 5) is 19.4. The van der Waals surface area contributed by atoms with Crippen LogP contribution in [-0.2, 0) is 6.18 Å². The molecule has 4 nitrogen and oxygen atoms in total. The van der Waals surface area contributed by atoms with Crippen LogP contribution in [0.4, 0.5) is 13.2 Å². The third-order valence-electron chi connectivity index (χ3n) is 4.25. The van der Waals surface area contributed by atoms with E-state index >= 15 is 0 Å². The second-order valence-electron chi connectivity index (χ2n) is 6.63. The Balaban J connectivity index is 1.84. The highest BCUT2D eigenvalue weighted by molar-refractivity contribution is 7.15. The summed E-state index contributed by atoms with van der Waals surface area (Å²) in [6, 6.07) is 4.80. The summed E-state index contributed by atoms with van der Waals surface area (Å²) in [5.41, 5.74) is 5.87. The van der Waals surface area contributed by atoms with E-state index in [1.807, 2.05) is 6.92 Å². The molecule has 1 fully saturated rings. The van der Waals surface area contributed by atoms with Crippen LogP contribution in [0.25, 0.3) is 10.6 Å². The highest BCUT2D eigenvalue weighted by atomic mass is 32.1. The van der Waals surface area contributed by atoms with E-state index in [1.54, 1.807) is 11.8 Å². The molecule has 1 aliphatic rings. The fourth-order valence-corrected chi connectivity index (χ4v) is 3.74. The standard InChI is InChI=1S/C17H18F3N3OS/c1-10-13(15(24)23-8-7-16(2,21)9-23)22-14(25-10)11-3-5-12(6-4-11)17(18,19)20/h3-6H,7-9,21H2,1-2H3. The average Bonchev–Trinajstić information content (AvgIpc) is 3.08. The molecule has 2 heterocycles. The number of hydrogen-bond acceptors (Lipinski definition) is 4. The molecule has 1 unspecified atom stereocenters. The Hall–Kier alpha value is -1.93. The van der Waals surface area contributed by atoms with Crippen LogP contribution >= 0.6 is 11.3 Å². The van der Waals surface area contributed by atoms with Gasteiger partial charge >= 0.3 is 6.18 Å². The highest BCUT2D eigenvalue weighted by Gasteiger charge is 2.34. The maximum atomic E-state index is 12.7. The molecular weight excluding hydrogens is 351 g/mol. The molecule has 0 bridgehead atoms. The minimum absolute atomic E-state index is 0.180. The molecule has 3 rings (SSSR count). The number of carbonyl (C=O) groups excluding carboxylic acids is 1. The van der Waals surface area contributed by atoms with Gasteiger partial charge in [0.25, 0.3) is 5.91 Å². The van der Waals surface area contributed by atoms with Crippen LogP contribution in [0.5, 0.6) is 0 Å². The van der Waals surface area contributed by atoms with Gasteiger partial charge in [-0.1, -0.05) is 12.1 Å². The van der Waals surface area contributed by atoms with Crippen LogP contribution in [0.2, 0.25) is 0 Å². The van der Waals surface area contributed by atoms with Crippen molar-refractivity contribution in [2.24, 2.45) is 5.73 Å². The Morgan fingerprint density at radius 1 is 1.32 bits per heavy atom. The zero-order chi connectivity index (χ0) is 18.4. The van der Waals surface area contributed by atoms with Crippen molar-refractivity contribution in [1.82, 2.24) is 9.88 Å². The van der Waals surface area contributed by atoms with Gasteiger partial charge in [-0.3, -0.25) is 4.79 Å². The van der Waals surface area contributed by atoms with Gasteiger partial charge in [0, 0.05) is 29.1 Å². The van der Waals surface area contributed by atoms with E-state index < -0.39 is 17.3 Å². The van der Waals surface area contributed by atoms with E-state index in [0.717, 1.165) is 23.4 Å². The van der Waals surface area contributed by atoms with Crippen molar-refractivity contribution in [2.45, 2.75) is 32.0 Å². The smallest absolute Gasteiger partial charge is 0.335 e. The topological polar surface area (TPSA) is 59.2 Å². The molecule has 1 aromatic carbocycles. The zero-order valence-corrected chi connectivity index (χ0v) is 14.7. The number of benzene rings is 1. The second-order valence-corrected chi connectivity index (χ2v) is 7.83. The third kappa shape index (κ3) is 3.69. The summed E-state index contributed by atoms with van der Waals surface area (Å²) in [5, 5.41) is 0.532. The molecule has 1 aromatic heterocycles. The van der Waals surface area contributed by atoms with Crippen molar-refractivity contribution in [3.8, 4) is 10.6 Å². The number of nitrogens with zero attached hydrogens (tertiary/aromatic N) is 2. The maximum absolute atomic E-state index is 12.7. The van der Waals surface area contributed by atoms with Crippen LogP contribution < -0.4 is 5.73 Å². The van der Waals surface area contributed by atoms with Crippen LogP contribution in [0.1, 0.15) is 34.3 Å². The van der Waals surface area contributed by atoms with E-state index in [2.05, 4.69) is 4.98 Å². The van der Waals surface area contributed by atoms with Gasteiger partial charge in [0.1, 0.15) is 10.7 Å². The minimum Gasteiger partial charge on any atom is -0.335 e. The number of aryl methyl sites for hydroxylation is 1. The fraction of sp³-hybridized carbons (Fsp3) is 0.412.